The van der Waals surface area contributed by atoms with Gasteiger partial charge in [0.1, 0.15) is 17.4 Å². The van der Waals surface area contributed by atoms with Crippen molar-refractivity contribution in [2.45, 2.75) is 32.7 Å². The molecule has 1 amide bonds. The van der Waals surface area contributed by atoms with Crippen LogP contribution in [0.4, 0.5) is 0 Å². The summed E-state index contributed by atoms with van der Waals surface area (Å²) in [5, 5.41) is 21.5. The SMILES string of the molecule is CC(=N)N1CCc2nc(Cc3nc4ccc(C(=O)NCCc5cc6cc(O)ccc6[nH]5)cc4n3C)[nH]c2C1. The van der Waals surface area contributed by atoms with Crippen molar-refractivity contribution in [2.24, 2.45) is 7.05 Å². The Kier molecular flexibility index (Phi) is 5.86. The Morgan fingerprint density at radius 3 is 2.87 bits per heavy atom. The smallest absolute Gasteiger partial charge is 0.251 e. The van der Waals surface area contributed by atoms with Gasteiger partial charge in [0.15, 0.2) is 0 Å². The summed E-state index contributed by atoms with van der Waals surface area (Å²) in [5.74, 6) is 2.41. The van der Waals surface area contributed by atoms with Crippen LogP contribution in [0.2, 0.25) is 0 Å². The molecule has 0 saturated carbocycles. The number of imidazole rings is 2. The van der Waals surface area contributed by atoms with Crippen LogP contribution in [-0.4, -0.2) is 59.3 Å². The molecule has 2 aromatic carbocycles. The zero-order chi connectivity index (χ0) is 26.4. The third-order valence-electron chi connectivity index (χ3n) is 7.26. The monoisotopic (exact) mass is 510 g/mol. The van der Waals surface area contributed by atoms with Crippen molar-refractivity contribution in [2.75, 3.05) is 13.1 Å². The number of aromatic amines is 2. The quantitative estimate of drug-likeness (QED) is 0.176. The van der Waals surface area contributed by atoms with Gasteiger partial charge in [-0.25, -0.2) is 9.97 Å². The maximum atomic E-state index is 12.9. The fraction of sp³-hybridized carbons (Fsp3) is 0.286. The molecule has 0 saturated heterocycles. The number of nitrogens with one attached hydrogen (secondary N) is 4. The van der Waals surface area contributed by atoms with E-state index in [9.17, 15) is 9.90 Å². The summed E-state index contributed by atoms with van der Waals surface area (Å²) in [6.07, 6.45) is 2.04. The number of hydrogen-bond donors (Lipinski definition) is 5. The number of amidine groups is 1. The van der Waals surface area contributed by atoms with E-state index in [1.165, 1.54) is 0 Å². The van der Waals surface area contributed by atoms with Crippen LogP contribution in [0.15, 0.2) is 42.5 Å². The Morgan fingerprint density at radius 1 is 1.16 bits per heavy atom. The zero-order valence-corrected chi connectivity index (χ0v) is 21.4. The lowest BCUT2D eigenvalue weighted by Crippen LogP contribution is -2.33. The molecule has 0 bridgehead atoms. The van der Waals surface area contributed by atoms with Crippen LogP contribution in [0.5, 0.6) is 5.75 Å². The lowest BCUT2D eigenvalue weighted by molar-refractivity contribution is 0.0954. The second-order valence-corrected chi connectivity index (χ2v) is 9.91. The molecule has 3 aromatic heterocycles. The Hall–Kier alpha value is -4.60. The molecule has 6 rings (SSSR count). The number of phenolic OH excluding ortho intramolecular Hbond substituents is 1. The number of hydrogen-bond acceptors (Lipinski definition) is 5. The van der Waals surface area contributed by atoms with Crippen molar-refractivity contribution in [1.29, 1.82) is 5.41 Å². The Labute approximate surface area is 219 Å². The first-order valence-corrected chi connectivity index (χ1v) is 12.7. The van der Waals surface area contributed by atoms with E-state index in [4.69, 9.17) is 15.4 Å². The molecule has 0 atom stereocenters. The van der Waals surface area contributed by atoms with E-state index in [-0.39, 0.29) is 11.7 Å². The van der Waals surface area contributed by atoms with Gasteiger partial charge < -0.3 is 29.9 Å². The number of H-pyrrole nitrogens is 2. The molecular formula is C28H30N8O2. The molecule has 194 valence electrons. The fourth-order valence-electron chi connectivity index (χ4n) is 5.14. The molecule has 38 heavy (non-hydrogen) atoms. The summed E-state index contributed by atoms with van der Waals surface area (Å²) < 4.78 is 2.02. The minimum Gasteiger partial charge on any atom is -0.508 e. The van der Waals surface area contributed by atoms with E-state index in [0.29, 0.717) is 37.3 Å². The summed E-state index contributed by atoms with van der Waals surface area (Å²) in [7, 11) is 1.96. The van der Waals surface area contributed by atoms with Gasteiger partial charge in [0, 0.05) is 55.1 Å². The van der Waals surface area contributed by atoms with E-state index in [2.05, 4.69) is 15.3 Å². The summed E-state index contributed by atoms with van der Waals surface area (Å²) in [5.41, 5.74) is 6.41. The van der Waals surface area contributed by atoms with Crippen molar-refractivity contribution in [3.8, 4) is 5.75 Å². The number of aryl methyl sites for hydroxylation is 1. The number of carbonyl (C=O) groups excluding carboxylic acids is 1. The van der Waals surface area contributed by atoms with Crippen LogP contribution >= 0.6 is 0 Å². The van der Waals surface area contributed by atoms with Gasteiger partial charge in [-0.2, -0.15) is 0 Å². The van der Waals surface area contributed by atoms with Gasteiger partial charge in [-0.1, -0.05) is 0 Å². The molecule has 1 aliphatic heterocycles. The lowest BCUT2D eigenvalue weighted by Gasteiger charge is -2.26. The van der Waals surface area contributed by atoms with E-state index in [0.717, 1.165) is 63.6 Å². The van der Waals surface area contributed by atoms with Gasteiger partial charge in [-0.05, 0) is 49.4 Å². The van der Waals surface area contributed by atoms with Crippen LogP contribution in [0, 0.1) is 5.41 Å². The first-order chi connectivity index (χ1) is 18.3. The summed E-state index contributed by atoms with van der Waals surface area (Å²) >= 11 is 0. The number of nitrogens with zero attached hydrogens (tertiary/aromatic N) is 4. The molecule has 0 radical (unpaired) electrons. The van der Waals surface area contributed by atoms with Crippen LogP contribution in [0.25, 0.3) is 21.9 Å². The molecule has 1 aliphatic rings. The van der Waals surface area contributed by atoms with E-state index >= 15 is 0 Å². The highest BCUT2D eigenvalue weighted by Gasteiger charge is 2.21. The largest absolute Gasteiger partial charge is 0.508 e. The average molecular weight is 511 g/mol. The van der Waals surface area contributed by atoms with Crippen molar-refractivity contribution in [1.82, 2.24) is 34.7 Å². The van der Waals surface area contributed by atoms with Crippen LogP contribution in [0.3, 0.4) is 0 Å². The molecule has 0 aliphatic carbocycles. The zero-order valence-electron chi connectivity index (χ0n) is 21.4. The Morgan fingerprint density at radius 2 is 2.03 bits per heavy atom. The van der Waals surface area contributed by atoms with Crippen LogP contribution in [-0.2, 0) is 32.9 Å². The van der Waals surface area contributed by atoms with Crippen LogP contribution in [0.1, 0.15) is 46.0 Å². The van der Waals surface area contributed by atoms with Crippen LogP contribution < -0.4 is 5.32 Å². The molecule has 0 unspecified atom stereocenters. The number of aromatic nitrogens is 5. The predicted octanol–water partition coefficient (Wildman–Crippen LogP) is 3.40. The van der Waals surface area contributed by atoms with Gasteiger partial charge in [0.2, 0.25) is 0 Å². The second-order valence-electron chi connectivity index (χ2n) is 9.91. The van der Waals surface area contributed by atoms with Crippen molar-refractivity contribution >= 4 is 33.7 Å². The standard InChI is InChI=1S/C28H30N8O2/c1-16(29)36-10-8-22-24(15-36)33-26(32-22)14-27-34-23-5-3-17(13-25(23)35(27)2)28(38)30-9-7-19-11-18-12-20(37)4-6-21(18)31-19/h3-6,11-13,29,31,37H,7-10,14-15H2,1-2H3,(H,30,38)(H,32,33). The number of aromatic hydroxyl groups is 1. The molecule has 0 fully saturated rings. The van der Waals surface area contributed by atoms with Gasteiger partial charge >= 0.3 is 0 Å². The number of rotatable bonds is 6. The highest BCUT2D eigenvalue weighted by molar-refractivity contribution is 5.97. The molecule has 10 nitrogen and oxygen atoms in total. The third kappa shape index (κ3) is 4.49. The van der Waals surface area contributed by atoms with Gasteiger partial charge in [-0.15, -0.1) is 0 Å². The molecule has 4 heterocycles. The lowest BCUT2D eigenvalue weighted by atomic mass is 10.1. The Balaban J connectivity index is 1.13. The second kappa shape index (κ2) is 9.37. The average Bonchev–Trinajstić information content (AvgIpc) is 3.58. The maximum Gasteiger partial charge on any atom is 0.251 e. The van der Waals surface area contributed by atoms with Gasteiger partial charge in [-0.3, -0.25) is 10.2 Å². The predicted molar refractivity (Wildman–Crippen MR) is 146 cm³/mol. The van der Waals surface area contributed by atoms with Gasteiger partial charge in [0.05, 0.1) is 41.2 Å². The van der Waals surface area contributed by atoms with Crippen molar-refractivity contribution < 1.29 is 9.90 Å². The molecule has 5 aromatic rings. The molecular weight excluding hydrogens is 480 g/mol. The summed E-state index contributed by atoms with van der Waals surface area (Å²) in [6, 6.07) is 12.8. The maximum absolute atomic E-state index is 12.9. The fourth-order valence-corrected chi connectivity index (χ4v) is 5.14. The summed E-state index contributed by atoms with van der Waals surface area (Å²) in [4.78, 5) is 31.2. The number of amides is 1. The first-order valence-electron chi connectivity index (χ1n) is 12.7. The minimum absolute atomic E-state index is 0.131. The Bertz CT molecular complexity index is 1690. The van der Waals surface area contributed by atoms with E-state index in [1.807, 2.05) is 47.7 Å². The summed E-state index contributed by atoms with van der Waals surface area (Å²) in [6.45, 7) is 3.80. The van der Waals surface area contributed by atoms with Crippen molar-refractivity contribution in [3.05, 3.63) is 76.8 Å². The van der Waals surface area contributed by atoms with Crippen molar-refractivity contribution in [3.63, 3.8) is 0 Å². The highest BCUT2D eigenvalue weighted by Crippen LogP contribution is 2.22. The normalized spacial score (nSPS) is 13.3. The highest BCUT2D eigenvalue weighted by atomic mass is 16.3. The number of carbonyl (C=O) groups is 1. The molecule has 0 spiro atoms. The molecule has 10 heteroatoms. The van der Waals surface area contributed by atoms with E-state index < -0.39 is 0 Å². The van der Waals surface area contributed by atoms with E-state index in [1.54, 1.807) is 18.2 Å². The molecule has 5 N–H and O–H groups in total. The number of benzene rings is 2. The third-order valence-corrected chi connectivity index (χ3v) is 7.26. The number of phenols is 1. The van der Waals surface area contributed by atoms with Gasteiger partial charge in [0.25, 0.3) is 5.91 Å². The minimum atomic E-state index is -0.131. The number of fused-ring (bicyclic) bond motifs is 3. The topological polar surface area (TPSA) is 139 Å². The first kappa shape index (κ1) is 23.8.